The normalized spacial score (nSPS) is 27.5. The quantitative estimate of drug-likeness (QED) is 0.715. The summed E-state index contributed by atoms with van der Waals surface area (Å²) in [6.07, 6.45) is 4.11. The molecule has 0 aromatic carbocycles. The van der Waals surface area contributed by atoms with Gasteiger partial charge in [0.2, 0.25) is 0 Å². The van der Waals surface area contributed by atoms with Crippen LogP contribution in [0.1, 0.15) is 33.1 Å². The Morgan fingerprint density at radius 3 is 2.92 bits per heavy atom. The lowest BCUT2D eigenvalue weighted by molar-refractivity contribution is 0.177. The van der Waals surface area contributed by atoms with E-state index in [-0.39, 0.29) is 0 Å². The summed E-state index contributed by atoms with van der Waals surface area (Å²) in [7, 11) is 2.05. The van der Waals surface area contributed by atoms with E-state index in [2.05, 4.69) is 24.1 Å². The predicted molar refractivity (Wildman–Crippen MR) is 58.0 cm³/mol. The molecule has 2 heteroatoms. The van der Waals surface area contributed by atoms with Crippen LogP contribution < -0.4 is 5.32 Å². The molecular formula is C11H24N2. The zero-order valence-corrected chi connectivity index (χ0v) is 9.34. The number of rotatable bonds is 4. The van der Waals surface area contributed by atoms with Gasteiger partial charge >= 0.3 is 0 Å². The first-order valence-corrected chi connectivity index (χ1v) is 5.62. The molecule has 0 amide bonds. The molecule has 78 valence electrons. The molecule has 1 aliphatic rings. The fourth-order valence-electron chi connectivity index (χ4n) is 2.01. The van der Waals surface area contributed by atoms with Crippen LogP contribution in [-0.4, -0.2) is 37.6 Å². The minimum atomic E-state index is 0.664. The van der Waals surface area contributed by atoms with Crippen LogP contribution >= 0.6 is 0 Å². The maximum atomic E-state index is 3.29. The van der Waals surface area contributed by atoms with Gasteiger partial charge in [0.05, 0.1) is 0 Å². The summed E-state index contributed by atoms with van der Waals surface area (Å²) < 4.78 is 0. The van der Waals surface area contributed by atoms with Crippen LogP contribution in [0.5, 0.6) is 0 Å². The molecule has 0 unspecified atom stereocenters. The molecule has 0 aliphatic carbocycles. The molecule has 0 saturated carbocycles. The third-order valence-electron chi connectivity index (χ3n) is 3.11. The molecule has 0 bridgehead atoms. The number of likely N-dealkylation sites (tertiary alicyclic amines) is 1. The van der Waals surface area contributed by atoms with E-state index in [1.807, 2.05) is 7.05 Å². The first kappa shape index (κ1) is 11.0. The molecule has 1 rings (SSSR count). The average molecular weight is 184 g/mol. The third-order valence-corrected chi connectivity index (χ3v) is 3.11. The molecule has 1 heterocycles. The van der Waals surface area contributed by atoms with Gasteiger partial charge in [0.1, 0.15) is 0 Å². The number of piperidine rings is 1. The summed E-state index contributed by atoms with van der Waals surface area (Å²) in [5.41, 5.74) is 0. The van der Waals surface area contributed by atoms with Gasteiger partial charge in [0.15, 0.2) is 0 Å². The summed E-state index contributed by atoms with van der Waals surface area (Å²) in [5, 5.41) is 3.29. The van der Waals surface area contributed by atoms with Gasteiger partial charge in [0, 0.05) is 12.6 Å². The highest BCUT2D eigenvalue weighted by Crippen LogP contribution is 2.15. The Kier molecular flexibility index (Phi) is 4.74. The van der Waals surface area contributed by atoms with E-state index in [4.69, 9.17) is 0 Å². The van der Waals surface area contributed by atoms with Gasteiger partial charge in [-0.2, -0.15) is 0 Å². The number of hydrogen-bond acceptors (Lipinski definition) is 2. The molecule has 0 radical (unpaired) electrons. The van der Waals surface area contributed by atoms with E-state index < -0.39 is 0 Å². The van der Waals surface area contributed by atoms with Crippen molar-refractivity contribution in [3.05, 3.63) is 0 Å². The average Bonchev–Trinajstić information content (AvgIpc) is 2.14. The van der Waals surface area contributed by atoms with E-state index in [0.717, 1.165) is 5.92 Å². The highest BCUT2D eigenvalue weighted by molar-refractivity contribution is 4.71. The van der Waals surface area contributed by atoms with Gasteiger partial charge in [-0.25, -0.2) is 0 Å². The Morgan fingerprint density at radius 2 is 2.31 bits per heavy atom. The SMILES string of the molecule is CN[C@@H](C)CCN1CCC[C@H](C)C1. The number of nitrogens with one attached hydrogen (secondary N) is 1. The van der Waals surface area contributed by atoms with Crippen molar-refractivity contribution in [2.75, 3.05) is 26.7 Å². The van der Waals surface area contributed by atoms with Crippen molar-refractivity contribution in [2.45, 2.75) is 39.2 Å². The van der Waals surface area contributed by atoms with Gasteiger partial charge in [-0.3, -0.25) is 0 Å². The predicted octanol–water partition coefficient (Wildman–Crippen LogP) is 1.72. The van der Waals surface area contributed by atoms with Crippen LogP contribution in [0.4, 0.5) is 0 Å². The van der Waals surface area contributed by atoms with Gasteiger partial charge < -0.3 is 10.2 Å². The Balaban J connectivity index is 2.13. The van der Waals surface area contributed by atoms with Crippen LogP contribution in [0.3, 0.4) is 0 Å². The van der Waals surface area contributed by atoms with Crippen molar-refractivity contribution in [2.24, 2.45) is 5.92 Å². The van der Waals surface area contributed by atoms with Crippen LogP contribution in [-0.2, 0) is 0 Å². The van der Waals surface area contributed by atoms with Gasteiger partial charge in [-0.1, -0.05) is 6.92 Å². The molecule has 1 fully saturated rings. The second-order valence-corrected chi connectivity index (χ2v) is 4.53. The monoisotopic (exact) mass is 184 g/mol. The molecule has 1 N–H and O–H groups in total. The number of hydrogen-bond donors (Lipinski definition) is 1. The van der Waals surface area contributed by atoms with Crippen molar-refractivity contribution in [1.82, 2.24) is 10.2 Å². The van der Waals surface area contributed by atoms with Crippen LogP contribution in [0.2, 0.25) is 0 Å². The molecule has 0 aromatic heterocycles. The summed E-state index contributed by atoms with van der Waals surface area (Å²) in [5.74, 6) is 0.915. The van der Waals surface area contributed by atoms with Crippen molar-refractivity contribution in [3.8, 4) is 0 Å². The van der Waals surface area contributed by atoms with Gasteiger partial charge in [-0.15, -0.1) is 0 Å². The Labute approximate surface area is 82.7 Å². The zero-order valence-electron chi connectivity index (χ0n) is 9.34. The standard InChI is InChI=1S/C11H24N2/c1-10-5-4-7-13(9-10)8-6-11(2)12-3/h10-12H,4-9H2,1-3H3/t10-,11-/m0/s1. The first-order valence-electron chi connectivity index (χ1n) is 5.62. The number of nitrogens with zero attached hydrogens (tertiary/aromatic N) is 1. The lowest BCUT2D eigenvalue weighted by atomic mass is 10.00. The van der Waals surface area contributed by atoms with Crippen molar-refractivity contribution in [1.29, 1.82) is 0 Å². The van der Waals surface area contributed by atoms with E-state index in [1.54, 1.807) is 0 Å². The Bertz CT molecular complexity index is 136. The molecule has 2 atom stereocenters. The van der Waals surface area contributed by atoms with Gasteiger partial charge in [0.25, 0.3) is 0 Å². The van der Waals surface area contributed by atoms with Crippen molar-refractivity contribution >= 4 is 0 Å². The molecule has 0 aromatic rings. The minimum absolute atomic E-state index is 0.664. The first-order chi connectivity index (χ1) is 6.22. The van der Waals surface area contributed by atoms with E-state index in [1.165, 1.54) is 38.9 Å². The Hall–Kier alpha value is -0.0800. The second-order valence-electron chi connectivity index (χ2n) is 4.53. The maximum Gasteiger partial charge on any atom is 0.00479 e. The molecule has 1 aliphatic heterocycles. The summed E-state index contributed by atoms with van der Waals surface area (Å²) in [6, 6.07) is 0.664. The van der Waals surface area contributed by atoms with Crippen LogP contribution in [0, 0.1) is 5.92 Å². The van der Waals surface area contributed by atoms with E-state index >= 15 is 0 Å². The summed E-state index contributed by atoms with van der Waals surface area (Å²) >= 11 is 0. The van der Waals surface area contributed by atoms with E-state index in [0.29, 0.717) is 6.04 Å². The summed E-state index contributed by atoms with van der Waals surface area (Å²) in [4.78, 5) is 2.61. The fourth-order valence-corrected chi connectivity index (χ4v) is 2.01. The van der Waals surface area contributed by atoms with Crippen LogP contribution in [0.15, 0.2) is 0 Å². The lowest BCUT2D eigenvalue weighted by Gasteiger charge is -2.31. The smallest absolute Gasteiger partial charge is 0.00479 e. The van der Waals surface area contributed by atoms with Crippen LogP contribution in [0.25, 0.3) is 0 Å². The van der Waals surface area contributed by atoms with Crippen molar-refractivity contribution in [3.63, 3.8) is 0 Å². The largest absolute Gasteiger partial charge is 0.317 e. The Morgan fingerprint density at radius 1 is 1.54 bits per heavy atom. The van der Waals surface area contributed by atoms with E-state index in [9.17, 15) is 0 Å². The highest BCUT2D eigenvalue weighted by Gasteiger charge is 2.15. The van der Waals surface area contributed by atoms with Crippen molar-refractivity contribution < 1.29 is 0 Å². The molecule has 0 spiro atoms. The zero-order chi connectivity index (χ0) is 9.68. The van der Waals surface area contributed by atoms with Gasteiger partial charge in [-0.05, 0) is 52.2 Å². The highest BCUT2D eigenvalue weighted by atomic mass is 15.1. The molecule has 13 heavy (non-hydrogen) atoms. The third kappa shape index (κ3) is 4.10. The second kappa shape index (κ2) is 5.61. The molecular weight excluding hydrogens is 160 g/mol. The molecule has 2 nitrogen and oxygen atoms in total. The lowest BCUT2D eigenvalue weighted by Crippen LogP contribution is -2.37. The molecule has 1 saturated heterocycles. The minimum Gasteiger partial charge on any atom is -0.317 e. The fraction of sp³-hybridized carbons (Fsp3) is 1.00. The topological polar surface area (TPSA) is 15.3 Å². The maximum absolute atomic E-state index is 3.29. The summed E-state index contributed by atoms with van der Waals surface area (Å²) in [6.45, 7) is 8.53.